The Bertz CT molecular complexity index is 784. The monoisotopic (exact) mass is 294 g/mol. The van der Waals surface area contributed by atoms with Crippen LogP contribution in [0.4, 0.5) is 5.69 Å². The predicted octanol–water partition coefficient (Wildman–Crippen LogP) is 2.15. The van der Waals surface area contributed by atoms with Crippen LogP contribution in [0.5, 0.6) is 5.75 Å². The van der Waals surface area contributed by atoms with Crippen molar-refractivity contribution in [1.82, 2.24) is 14.8 Å². The molecule has 0 spiro atoms. The maximum absolute atomic E-state index is 12.0. The molecule has 0 bridgehead atoms. The normalized spacial score (nSPS) is 10.4. The zero-order valence-corrected chi connectivity index (χ0v) is 11.7. The van der Waals surface area contributed by atoms with Gasteiger partial charge in [0.2, 0.25) is 5.91 Å². The van der Waals surface area contributed by atoms with Gasteiger partial charge in [0.25, 0.3) is 0 Å². The van der Waals surface area contributed by atoms with Gasteiger partial charge in [0, 0.05) is 11.8 Å². The summed E-state index contributed by atoms with van der Waals surface area (Å²) in [5.41, 5.74) is 1.16. The summed E-state index contributed by atoms with van der Waals surface area (Å²) in [6.07, 6.45) is 5.01. The number of carbonyl (C=O) groups excluding carboxylic acids is 1. The molecule has 0 atom stereocenters. The Labute approximate surface area is 127 Å². The van der Waals surface area contributed by atoms with Gasteiger partial charge in [-0.2, -0.15) is 5.10 Å². The van der Waals surface area contributed by atoms with Crippen molar-refractivity contribution in [1.29, 1.82) is 0 Å². The van der Waals surface area contributed by atoms with Gasteiger partial charge in [-0.1, -0.05) is 24.3 Å². The molecule has 6 nitrogen and oxygen atoms in total. The maximum atomic E-state index is 12.0. The van der Waals surface area contributed by atoms with Gasteiger partial charge >= 0.3 is 0 Å². The average Bonchev–Trinajstić information content (AvgIpc) is 2.99. The number of anilines is 1. The summed E-state index contributed by atoms with van der Waals surface area (Å²) in [5.74, 6) is 0.563. The van der Waals surface area contributed by atoms with E-state index in [4.69, 9.17) is 0 Å². The number of amides is 1. The number of carbonyl (C=O) groups is 1. The van der Waals surface area contributed by atoms with Crippen molar-refractivity contribution in [3.05, 3.63) is 66.6 Å². The van der Waals surface area contributed by atoms with Crippen LogP contribution in [-0.2, 0) is 11.2 Å². The number of phenolic OH excluding ortho intramolecular Hbond substituents is 1. The molecule has 2 heterocycles. The summed E-state index contributed by atoms with van der Waals surface area (Å²) in [5, 5.41) is 16.6. The van der Waals surface area contributed by atoms with Crippen LogP contribution in [0.25, 0.3) is 5.82 Å². The summed E-state index contributed by atoms with van der Waals surface area (Å²) < 4.78 is 1.58. The molecule has 110 valence electrons. The van der Waals surface area contributed by atoms with E-state index in [1.165, 1.54) is 0 Å². The van der Waals surface area contributed by atoms with Crippen LogP contribution >= 0.6 is 0 Å². The first-order chi connectivity index (χ1) is 10.7. The number of nitrogens with zero attached hydrogens (tertiary/aromatic N) is 3. The minimum atomic E-state index is -0.220. The Morgan fingerprint density at radius 1 is 1.18 bits per heavy atom. The molecule has 0 aliphatic carbocycles. The van der Waals surface area contributed by atoms with Gasteiger partial charge in [-0.05, 0) is 18.2 Å². The molecule has 22 heavy (non-hydrogen) atoms. The van der Waals surface area contributed by atoms with E-state index in [0.29, 0.717) is 17.1 Å². The Hall–Kier alpha value is -3.15. The Morgan fingerprint density at radius 3 is 2.77 bits per heavy atom. The zero-order valence-electron chi connectivity index (χ0n) is 11.7. The van der Waals surface area contributed by atoms with Gasteiger partial charge in [-0.3, -0.25) is 4.79 Å². The first kappa shape index (κ1) is 13.8. The Balaban J connectivity index is 1.68. The van der Waals surface area contributed by atoms with Crippen molar-refractivity contribution < 1.29 is 9.90 Å². The first-order valence-electron chi connectivity index (χ1n) is 6.75. The molecule has 6 heteroatoms. The van der Waals surface area contributed by atoms with Crippen LogP contribution in [0, 0.1) is 0 Å². The fraction of sp³-hybridized carbons (Fsp3) is 0.0625. The van der Waals surface area contributed by atoms with E-state index in [2.05, 4.69) is 15.4 Å². The number of aromatic hydroxyl groups is 1. The highest BCUT2D eigenvalue weighted by molar-refractivity contribution is 5.92. The third-order valence-corrected chi connectivity index (χ3v) is 3.09. The minimum Gasteiger partial charge on any atom is -0.508 e. The van der Waals surface area contributed by atoms with Gasteiger partial charge in [0.15, 0.2) is 5.82 Å². The van der Waals surface area contributed by atoms with Crippen LogP contribution in [0.15, 0.2) is 61.1 Å². The molecule has 0 saturated heterocycles. The minimum absolute atomic E-state index is 0.0987. The Morgan fingerprint density at radius 2 is 2.00 bits per heavy atom. The van der Waals surface area contributed by atoms with Crippen LogP contribution in [0.3, 0.4) is 0 Å². The van der Waals surface area contributed by atoms with Crippen molar-refractivity contribution in [3.8, 4) is 11.6 Å². The second-order valence-corrected chi connectivity index (χ2v) is 4.72. The molecular formula is C16H14N4O2. The number of rotatable bonds is 4. The lowest BCUT2D eigenvalue weighted by atomic mass is 10.1. The summed E-state index contributed by atoms with van der Waals surface area (Å²) in [7, 11) is 0. The maximum Gasteiger partial charge on any atom is 0.229 e. The van der Waals surface area contributed by atoms with E-state index in [1.807, 2.05) is 18.2 Å². The van der Waals surface area contributed by atoms with Crippen LogP contribution in [0.2, 0.25) is 0 Å². The molecule has 2 aromatic heterocycles. The van der Waals surface area contributed by atoms with E-state index in [9.17, 15) is 9.90 Å². The van der Waals surface area contributed by atoms with Crippen molar-refractivity contribution in [3.63, 3.8) is 0 Å². The number of hydrogen-bond acceptors (Lipinski definition) is 4. The van der Waals surface area contributed by atoms with Crippen molar-refractivity contribution in [2.45, 2.75) is 6.42 Å². The lowest BCUT2D eigenvalue weighted by molar-refractivity contribution is -0.115. The molecule has 0 fully saturated rings. The molecule has 2 N–H and O–H groups in total. The van der Waals surface area contributed by atoms with Crippen LogP contribution < -0.4 is 5.32 Å². The molecule has 1 aromatic carbocycles. The summed E-state index contributed by atoms with van der Waals surface area (Å²) in [6, 6.07) is 12.3. The quantitative estimate of drug-likeness (QED) is 0.772. The number of pyridine rings is 1. The number of nitrogens with one attached hydrogen (secondary N) is 1. The van der Waals surface area contributed by atoms with Gasteiger partial charge < -0.3 is 10.4 Å². The number of benzene rings is 1. The van der Waals surface area contributed by atoms with Gasteiger partial charge in [0.05, 0.1) is 24.5 Å². The number of phenols is 1. The SMILES string of the molecule is O=C(Cc1ccccc1O)Nc1cnn(-c2ccccn2)c1. The zero-order chi connectivity index (χ0) is 15.4. The molecule has 0 radical (unpaired) electrons. The third kappa shape index (κ3) is 3.12. The number of para-hydroxylation sites is 1. The standard InChI is InChI=1S/C16H14N4O2/c21-14-6-2-1-5-12(14)9-16(22)19-13-10-18-20(11-13)15-7-3-4-8-17-15/h1-8,10-11,21H,9H2,(H,19,22). The molecule has 0 aliphatic rings. The van der Waals surface area contributed by atoms with E-state index < -0.39 is 0 Å². The fourth-order valence-electron chi connectivity index (χ4n) is 2.04. The van der Waals surface area contributed by atoms with E-state index in [-0.39, 0.29) is 18.1 Å². The fourth-order valence-corrected chi connectivity index (χ4v) is 2.04. The van der Waals surface area contributed by atoms with Crippen molar-refractivity contribution in [2.24, 2.45) is 0 Å². The lowest BCUT2D eigenvalue weighted by Gasteiger charge is -2.04. The second kappa shape index (κ2) is 6.09. The van der Waals surface area contributed by atoms with E-state index >= 15 is 0 Å². The molecule has 1 amide bonds. The summed E-state index contributed by atoms with van der Waals surface area (Å²) in [4.78, 5) is 16.2. The second-order valence-electron chi connectivity index (χ2n) is 4.72. The van der Waals surface area contributed by atoms with E-state index in [0.717, 1.165) is 0 Å². The highest BCUT2D eigenvalue weighted by atomic mass is 16.3. The summed E-state index contributed by atoms with van der Waals surface area (Å²) >= 11 is 0. The molecule has 3 rings (SSSR count). The summed E-state index contributed by atoms with van der Waals surface area (Å²) in [6.45, 7) is 0. The highest BCUT2D eigenvalue weighted by Crippen LogP contribution is 2.17. The molecule has 0 saturated carbocycles. The van der Waals surface area contributed by atoms with Crippen LogP contribution in [0.1, 0.15) is 5.56 Å². The van der Waals surface area contributed by atoms with E-state index in [1.54, 1.807) is 47.5 Å². The average molecular weight is 294 g/mol. The molecule has 0 aliphatic heterocycles. The van der Waals surface area contributed by atoms with Crippen LogP contribution in [-0.4, -0.2) is 25.8 Å². The Kier molecular flexibility index (Phi) is 3.82. The highest BCUT2D eigenvalue weighted by Gasteiger charge is 2.09. The topological polar surface area (TPSA) is 80.0 Å². The molecule has 0 unspecified atom stereocenters. The predicted molar refractivity (Wildman–Crippen MR) is 81.8 cm³/mol. The largest absolute Gasteiger partial charge is 0.508 e. The van der Waals surface area contributed by atoms with Gasteiger partial charge in [0.1, 0.15) is 5.75 Å². The number of hydrogen-bond donors (Lipinski definition) is 2. The van der Waals surface area contributed by atoms with Crippen molar-refractivity contribution in [2.75, 3.05) is 5.32 Å². The molecule has 3 aromatic rings. The van der Waals surface area contributed by atoms with Gasteiger partial charge in [-0.15, -0.1) is 0 Å². The molecular weight excluding hydrogens is 280 g/mol. The first-order valence-corrected chi connectivity index (χ1v) is 6.75. The lowest BCUT2D eigenvalue weighted by Crippen LogP contribution is -2.14. The van der Waals surface area contributed by atoms with Gasteiger partial charge in [-0.25, -0.2) is 9.67 Å². The third-order valence-electron chi connectivity index (χ3n) is 3.09. The van der Waals surface area contributed by atoms with Crippen molar-refractivity contribution >= 4 is 11.6 Å². The smallest absolute Gasteiger partial charge is 0.229 e. The number of aromatic nitrogens is 3.